The lowest BCUT2D eigenvalue weighted by molar-refractivity contribution is -0.153. The molecule has 0 fully saturated rings. The van der Waals surface area contributed by atoms with Crippen molar-refractivity contribution in [3.63, 3.8) is 0 Å². The normalized spacial score (nSPS) is 10.9. The van der Waals surface area contributed by atoms with Gasteiger partial charge in [0.2, 0.25) is 0 Å². The van der Waals surface area contributed by atoms with Gasteiger partial charge in [0.25, 0.3) is 10.1 Å². The molecular weight excluding hydrogens is 286 g/mol. The summed E-state index contributed by atoms with van der Waals surface area (Å²) >= 11 is 0. The second kappa shape index (κ2) is 12.1. The van der Waals surface area contributed by atoms with Crippen LogP contribution in [0.1, 0.15) is 34.1 Å². The average Bonchev–Trinajstić information content (AvgIpc) is 2.28. The number of ether oxygens (including phenoxy) is 1. The molecule has 0 bridgehead atoms. The highest BCUT2D eigenvalue weighted by atomic mass is 32.2. The predicted molar refractivity (Wildman–Crippen MR) is 78.9 cm³/mol. The van der Waals surface area contributed by atoms with Crippen LogP contribution in [0, 0.1) is 5.41 Å². The van der Waals surface area contributed by atoms with Gasteiger partial charge in [-0.3, -0.25) is 4.79 Å². The lowest BCUT2D eigenvalue weighted by atomic mass is 9.91. The number of hydrogen-bond donors (Lipinski definition) is 1. The zero-order chi connectivity index (χ0) is 17.0. The van der Waals surface area contributed by atoms with E-state index in [0.717, 1.165) is 12.7 Å². The van der Waals surface area contributed by atoms with Crippen molar-refractivity contribution in [3.8, 4) is 0 Å². The predicted octanol–water partition coefficient (Wildman–Crippen LogP) is 1.60. The highest BCUT2D eigenvalue weighted by Gasteiger charge is 2.26. The molecular formula is C12H29NO6S. The van der Waals surface area contributed by atoms with E-state index in [0.29, 0.717) is 6.61 Å². The molecule has 8 heteroatoms. The van der Waals surface area contributed by atoms with Crippen LogP contribution in [0.15, 0.2) is 0 Å². The SMILES string of the molecule is CCOC(=O)C(C)(C)CC.CN(C)C.CS(=O)(=O)OO. The molecule has 124 valence electrons. The minimum absolute atomic E-state index is 0.0995. The zero-order valence-corrected chi connectivity index (χ0v) is 14.6. The van der Waals surface area contributed by atoms with Crippen LogP contribution in [-0.2, 0) is 24.0 Å². The van der Waals surface area contributed by atoms with Crippen molar-refractivity contribution in [1.29, 1.82) is 0 Å². The molecule has 0 unspecified atom stereocenters. The van der Waals surface area contributed by atoms with E-state index in [1.54, 1.807) is 0 Å². The third-order valence-electron chi connectivity index (χ3n) is 1.85. The molecule has 0 aromatic rings. The number of rotatable bonds is 4. The second-order valence-corrected chi connectivity index (χ2v) is 6.64. The summed E-state index contributed by atoms with van der Waals surface area (Å²) in [5, 5.41) is 7.31. The maximum atomic E-state index is 11.1. The van der Waals surface area contributed by atoms with Gasteiger partial charge >= 0.3 is 5.97 Å². The maximum absolute atomic E-state index is 11.1. The quantitative estimate of drug-likeness (QED) is 0.478. The lowest BCUT2D eigenvalue weighted by Crippen LogP contribution is -2.25. The van der Waals surface area contributed by atoms with Gasteiger partial charge in [-0.15, -0.1) is 4.33 Å². The minimum atomic E-state index is -3.61. The van der Waals surface area contributed by atoms with E-state index in [2.05, 4.69) is 4.33 Å². The van der Waals surface area contributed by atoms with Gasteiger partial charge in [-0.1, -0.05) is 6.92 Å². The van der Waals surface area contributed by atoms with Crippen LogP contribution in [0.2, 0.25) is 0 Å². The van der Waals surface area contributed by atoms with Gasteiger partial charge in [-0.25, -0.2) is 5.26 Å². The minimum Gasteiger partial charge on any atom is -0.466 e. The van der Waals surface area contributed by atoms with E-state index < -0.39 is 10.1 Å². The van der Waals surface area contributed by atoms with Crippen LogP contribution in [0.3, 0.4) is 0 Å². The molecule has 20 heavy (non-hydrogen) atoms. The van der Waals surface area contributed by atoms with Crippen molar-refractivity contribution in [2.45, 2.75) is 34.1 Å². The van der Waals surface area contributed by atoms with Gasteiger partial charge in [0.1, 0.15) is 0 Å². The molecule has 0 atom stereocenters. The van der Waals surface area contributed by atoms with Gasteiger partial charge in [0.15, 0.2) is 0 Å². The first-order valence-electron chi connectivity index (χ1n) is 6.15. The second-order valence-electron chi connectivity index (χ2n) is 5.08. The molecule has 1 N–H and O–H groups in total. The number of carbonyl (C=O) groups is 1. The summed E-state index contributed by atoms with van der Waals surface area (Å²) in [5.41, 5.74) is -0.310. The topological polar surface area (TPSA) is 93.1 Å². The van der Waals surface area contributed by atoms with Gasteiger partial charge in [-0.05, 0) is 48.3 Å². The van der Waals surface area contributed by atoms with Gasteiger partial charge in [-0.2, -0.15) is 8.42 Å². The smallest absolute Gasteiger partial charge is 0.311 e. The summed E-state index contributed by atoms with van der Waals surface area (Å²) in [7, 11) is 2.39. The Morgan fingerprint density at radius 2 is 1.50 bits per heavy atom. The van der Waals surface area contributed by atoms with Crippen LogP contribution in [-0.4, -0.2) is 58.5 Å². The molecule has 0 heterocycles. The lowest BCUT2D eigenvalue weighted by Gasteiger charge is -2.19. The third kappa shape index (κ3) is 22.5. The molecule has 0 aromatic heterocycles. The van der Waals surface area contributed by atoms with Crippen LogP contribution in [0.4, 0.5) is 0 Å². The van der Waals surface area contributed by atoms with Crippen molar-refractivity contribution < 1.29 is 27.5 Å². The van der Waals surface area contributed by atoms with Crippen LogP contribution < -0.4 is 0 Å². The highest BCUT2D eigenvalue weighted by molar-refractivity contribution is 7.85. The van der Waals surface area contributed by atoms with E-state index in [1.807, 2.05) is 53.7 Å². The summed E-state index contributed by atoms with van der Waals surface area (Å²) in [4.78, 5) is 13.1. The Hall–Kier alpha value is -0.700. The molecule has 0 aliphatic carbocycles. The number of carbonyl (C=O) groups excluding carboxylic acids is 1. The van der Waals surface area contributed by atoms with Gasteiger partial charge < -0.3 is 9.64 Å². The maximum Gasteiger partial charge on any atom is 0.311 e. The summed E-state index contributed by atoms with van der Waals surface area (Å²) in [6.07, 6.45) is 1.57. The van der Waals surface area contributed by atoms with E-state index in [-0.39, 0.29) is 11.4 Å². The first-order chi connectivity index (χ1) is 8.83. The van der Waals surface area contributed by atoms with Gasteiger partial charge in [0, 0.05) is 0 Å². The Bertz CT molecular complexity index is 335. The highest BCUT2D eigenvalue weighted by Crippen LogP contribution is 2.20. The average molecular weight is 315 g/mol. The Balaban J connectivity index is -0.000000246. The Kier molecular flexibility index (Phi) is 14.7. The van der Waals surface area contributed by atoms with Crippen LogP contribution >= 0.6 is 0 Å². The monoisotopic (exact) mass is 315 g/mol. The first-order valence-corrected chi connectivity index (χ1v) is 7.96. The Morgan fingerprint density at radius 1 is 1.20 bits per heavy atom. The first kappa shape index (κ1) is 24.3. The van der Waals surface area contributed by atoms with E-state index in [4.69, 9.17) is 9.99 Å². The number of hydrogen-bond acceptors (Lipinski definition) is 7. The molecule has 0 aromatic carbocycles. The zero-order valence-electron chi connectivity index (χ0n) is 13.8. The van der Waals surface area contributed by atoms with Crippen LogP contribution in [0.5, 0.6) is 0 Å². The van der Waals surface area contributed by atoms with Crippen molar-refractivity contribution in [2.75, 3.05) is 34.0 Å². The van der Waals surface area contributed by atoms with E-state index >= 15 is 0 Å². The van der Waals surface area contributed by atoms with Crippen LogP contribution in [0.25, 0.3) is 0 Å². The van der Waals surface area contributed by atoms with Crippen molar-refractivity contribution in [1.82, 2.24) is 4.90 Å². The standard InChI is InChI=1S/C8H16O2.C3H9N.CH4O4S/c1-5-8(3,4)7(9)10-6-2;1-4(2)3;1-6(3,4)5-2/h5-6H2,1-4H3;1-3H3;2H,1H3. The molecule has 0 amide bonds. The molecule has 0 aliphatic heterocycles. The van der Waals surface area contributed by atoms with Gasteiger partial charge in [0.05, 0.1) is 18.3 Å². The summed E-state index contributed by atoms with van der Waals surface area (Å²) < 4.78 is 26.8. The molecule has 7 nitrogen and oxygen atoms in total. The molecule has 0 saturated heterocycles. The number of esters is 1. The Labute approximate surface area is 122 Å². The molecule has 0 saturated carbocycles. The largest absolute Gasteiger partial charge is 0.466 e. The fourth-order valence-corrected chi connectivity index (χ4v) is 0.471. The third-order valence-corrected chi connectivity index (χ3v) is 2.12. The number of nitrogens with zero attached hydrogens (tertiary/aromatic N) is 1. The van der Waals surface area contributed by atoms with E-state index in [1.165, 1.54) is 0 Å². The summed E-state index contributed by atoms with van der Waals surface area (Å²) in [6, 6.07) is 0. The van der Waals surface area contributed by atoms with Crippen molar-refractivity contribution in [2.24, 2.45) is 5.41 Å². The molecule has 0 spiro atoms. The fourth-order valence-electron chi connectivity index (χ4n) is 0.471. The van der Waals surface area contributed by atoms with E-state index in [9.17, 15) is 13.2 Å². The molecule has 0 aliphatic rings. The molecule has 0 rings (SSSR count). The Morgan fingerprint density at radius 3 is 1.65 bits per heavy atom. The fraction of sp³-hybridized carbons (Fsp3) is 0.917. The summed E-state index contributed by atoms with van der Waals surface area (Å²) in [5.74, 6) is -0.0995. The summed E-state index contributed by atoms with van der Waals surface area (Å²) in [6.45, 7) is 8.07. The van der Waals surface area contributed by atoms with Crippen molar-refractivity contribution in [3.05, 3.63) is 0 Å². The van der Waals surface area contributed by atoms with Crippen molar-refractivity contribution >= 4 is 16.1 Å². The molecule has 0 radical (unpaired) electrons.